The lowest BCUT2D eigenvalue weighted by molar-refractivity contribution is -0.135. The van der Waals surface area contributed by atoms with Crippen LogP contribution in [0.2, 0.25) is 0 Å². The summed E-state index contributed by atoms with van der Waals surface area (Å²) in [5, 5.41) is 10.8. The fourth-order valence-corrected chi connectivity index (χ4v) is 1.51. The Hall–Kier alpha value is -2.68. The molecule has 0 aliphatic rings. The number of azide groups is 1. The monoisotopic (exact) mass is 292 g/mol. The number of carbonyl (C=O) groups is 1. The number of hydrazine groups is 1. The van der Waals surface area contributed by atoms with Crippen LogP contribution in [-0.2, 0) is 16.1 Å². The molecule has 10 heteroatoms. The molecule has 21 heavy (non-hydrogen) atoms. The van der Waals surface area contributed by atoms with Gasteiger partial charge in [0.25, 0.3) is 5.91 Å². The first-order valence-corrected chi connectivity index (χ1v) is 5.97. The van der Waals surface area contributed by atoms with E-state index in [4.69, 9.17) is 22.0 Å². The molecule has 0 heterocycles. The van der Waals surface area contributed by atoms with Crippen LogP contribution in [0.3, 0.4) is 0 Å². The summed E-state index contributed by atoms with van der Waals surface area (Å²) in [6.45, 7) is -0.142. The van der Waals surface area contributed by atoms with Crippen molar-refractivity contribution >= 4 is 5.91 Å². The number of amides is 1. The highest BCUT2D eigenvalue weighted by Gasteiger charge is 2.23. The van der Waals surface area contributed by atoms with E-state index in [0.717, 1.165) is 10.6 Å². The zero-order valence-electron chi connectivity index (χ0n) is 11.2. The second-order valence-corrected chi connectivity index (χ2v) is 3.93. The highest BCUT2D eigenvalue weighted by Crippen LogP contribution is 2.05. The Morgan fingerprint density at radius 2 is 2.14 bits per heavy atom. The van der Waals surface area contributed by atoms with E-state index in [1.54, 1.807) is 0 Å². The van der Waals surface area contributed by atoms with E-state index in [2.05, 4.69) is 20.4 Å². The quantitative estimate of drug-likeness (QED) is 0.139. The lowest BCUT2D eigenvalue weighted by Gasteiger charge is -2.20. The Balaban J connectivity index is 2.60. The summed E-state index contributed by atoms with van der Waals surface area (Å²) in [5.41, 5.74) is 8.98. The van der Waals surface area contributed by atoms with Crippen LogP contribution in [-0.4, -0.2) is 30.3 Å². The van der Waals surface area contributed by atoms with Crippen LogP contribution in [0.25, 0.3) is 10.4 Å². The van der Waals surface area contributed by atoms with Crippen molar-refractivity contribution in [1.29, 1.82) is 0 Å². The van der Waals surface area contributed by atoms with Crippen LogP contribution in [0.5, 0.6) is 0 Å². The number of hydrogen-bond donors (Lipinski definition) is 2. The third-order valence-corrected chi connectivity index (χ3v) is 2.46. The van der Waals surface area contributed by atoms with Crippen molar-refractivity contribution in [3.8, 4) is 0 Å². The number of nitrogens with zero attached hydrogens (tertiary/aromatic N) is 6. The molecule has 0 bridgehead atoms. The highest BCUT2D eigenvalue weighted by atomic mass is 16.5. The van der Waals surface area contributed by atoms with E-state index < -0.39 is 11.9 Å². The molecule has 1 aromatic rings. The maximum Gasteiger partial charge on any atom is 0.265 e. The molecule has 0 aliphatic carbocycles. The Morgan fingerprint density at radius 3 is 2.76 bits per heavy atom. The van der Waals surface area contributed by atoms with Gasteiger partial charge in [0.1, 0.15) is 6.73 Å². The standard InChI is InChI=1S/C11H16N8O2/c12-17-15-8-21-7-10(16-18-13)11(20)19(14)6-9-4-2-1-3-5-9/h1-5,10H,6-8,14H2,(H2,13,16)/t10-/m1/s1. The zero-order valence-corrected chi connectivity index (χ0v) is 11.2. The topological polar surface area (TPSA) is 155 Å². The Kier molecular flexibility index (Phi) is 7.22. The van der Waals surface area contributed by atoms with Crippen molar-refractivity contribution in [2.75, 3.05) is 13.3 Å². The Morgan fingerprint density at radius 1 is 1.43 bits per heavy atom. The third-order valence-electron chi connectivity index (χ3n) is 2.46. The van der Waals surface area contributed by atoms with Gasteiger partial charge in [-0.15, -0.1) is 0 Å². The van der Waals surface area contributed by atoms with Crippen molar-refractivity contribution in [2.45, 2.75) is 12.6 Å². The summed E-state index contributed by atoms with van der Waals surface area (Å²) in [5.74, 6) is 10.2. The minimum Gasteiger partial charge on any atom is -0.373 e. The summed E-state index contributed by atoms with van der Waals surface area (Å²) in [6, 6.07) is 8.23. The fraction of sp³-hybridized carbons (Fsp3) is 0.364. The van der Waals surface area contributed by atoms with Crippen molar-refractivity contribution in [3.05, 3.63) is 46.3 Å². The largest absolute Gasteiger partial charge is 0.373 e. The molecular formula is C11H16N8O2. The van der Waals surface area contributed by atoms with E-state index in [-0.39, 0.29) is 19.9 Å². The first-order chi connectivity index (χ1) is 10.2. The molecule has 1 aromatic carbocycles. The van der Waals surface area contributed by atoms with Crippen LogP contribution in [0, 0.1) is 0 Å². The van der Waals surface area contributed by atoms with E-state index in [1.807, 2.05) is 30.3 Å². The van der Waals surface area contributed by atoms with Crippen LogP contribution < -0.4 is 11.7 Å². The fourth-order valence-electron chi connectivity index (χ4n) is 1.51. The molecule has 0 aromatic heterocycles. The van der Waals surface area contributed by atoms with Gasteiger partial charge < -0.3 is 10.6 Å². The molecule has 0 saturated carbocycles. The lowest BCUT2D eigenvalue weighted by Crippen LogP contribution is -2.44. The molecule has 0 fully saturated rings. The predicted octanol–water partition coefficient (Wildman–Crippen LogP) is 0.868. The zero-order chi connectivity index (χ0) is 15.5. The molecule has 112 valence electrons. The molecule has 4 N–H and O–H groups in total. The molecule has 0 aliphatic heterocycles. The van der Waals surface area contributed by atoms with Gasteiger partial charge in [0.15, 0.2) is 6.04 Å². The van der Waals surface area contributed by atoms with Crippen LogP contribution in [0.15, 0.2) is 45.8 Å². The lowest BCUT2D eigenvalue weighted by atomic mass is 10.2. The average molecular weight is 292 g/mol. The molecule has 1 amide bonds. The normalized spacial score (nSPS) is 11.9. The molecule has 10 nitrogen and oxygen atoms in total. The maximum absolute atomic E-state index is 12.1. The van der Waals surface area contributed by atoms with Crippen LogP contribution >= 0.6 is 0 Å². The Bertz CT molecular complexity index is 514. The summed E-state index contributed by atoms with van der Waals surface area (Å²) in [4.78, 5) is 14.6. The Labute approximate surface area is 120 Å². The molecule has 0 unspecified atom stereocenters. The number of carbonyl (C=O) groups excluding carboxylic acids is 1. The van der Waals surface area contributed by atoms with Gasteiger partial charge in [0.2, 0.25) is 0 Å². The van der Waals surface area contributed by atoms with Gasteiger partial charge in [-0.2, -0.15) is 5.11 Å². The number of hydrogen-bond acceptors (Lipinski definition) is 6. The third kappa shape index (κ3) is 5.87. The summed E-state index contributed by atoms with van der Waals surface area (Å²) in [7, 11) is 0. The molecular weight excluding hydrogens is 276 g/mol. The van der Waals surface area contributed by atoms with Crippen molar-refractivity contribution in [3.63, 3.8) is 0 Å². The average Bonchev–Trinajstić information content (AvgIpc) is 2.50. The number of rotatable bonds is 8. The maximum atomic E-state index is 12.1. The van der Waals surface area contributed by atoms with E-state index >= 15 is 0 Å². The van der Waals surface area contributed by atoms with Crippen molar-refractivity contribution in [1.82, 2.24) is 5.01 Å². The van der Waals surface area contributed by atoms with E-state index in [9.17, 15) is 4.79 Å². The van der Waals surface area contributed by atoms with Crippen molar-refractivity contribution < 1.29 is 9.53 Å². The first kappa shape index (κ1) is 16.4. The number of ether oxygens (including phenoxy) is 1. The van der Waals surface area contributed by atoms with Gasteiger partial charge in [-0.05, 0) is 11.1 Å². The van der Waals surface area contributed by atoms with Gasteiger partial charge in [0.05, 0.1) is 13.2 Å². The summed E-state index contributed by atoms with van der Waals surface area (Å²) >= 11 is 0. The van der Waals surface area contributed by atoms with E-state index in [1.165, 1.54) is 0 Å². The SMILES string of the molecule is [N-]=[N+]=NCOC[C@@H](N=NN)C(=O)N(N)Cc1ccccc1. The minimum absolute atomic E-state index is 0.138. The molecule has 0 spiro atoms. The molecule has 1 atom stereocenters. The van der Waals surface area contributed by atoms with Gasteiger partial charge in [-0.1, -0.05) is 40.7 Å². The van der Waals surface area contributed by atoms with Crippen molar-refractivity contribution in [2.24, 2.45) is 27.1 Å². The van der Waals surface area contributed by atoms with Crippen LogP contribution in [0.4, 0.5) is 0 Å². The number of nitrogens with two attached hydrogens (primary N) is 2. The molecule has 0 radical (unpaired) electrons. The van der Waals surface area contributed by atoms with E-state index in [0.29, 0.717) is 0 Å². The number of benzene rings is 1. The summed E-state index contributed by atoms with van der Waals surface area (Å²) in [6.07, 6.45) is 0. The minimum atomic E-state index is -0.988. The van der Waals surface area contributed by atoms with Gasteiger partial charge >= 0.3 is 0 Å². The predicted molar refractivity (Wildman–Crippen MR) is 74.0 cm³/mol. The second-order valence-electron chi connectivity index (χ2n) is 3.93. The first-order valence-electron chi connectivity index (χ1n) is 5.97. The van der Waals surface area contributed by atoms with Gasteiger partial charge in [0, 0.05) is 4.91 Å². The molecule has 0 saturated heterocycles. The summed E-state index contributed by atoms with van der Waals surface area (Å²) < 4.78 is 4.98. The second kappa shape index (κ2) is 9.26. The van der Waals surface area contributed by atoms with Gasteiger partial charge in [-0.25, -0.2) is 5.84 Å². The van der Waals surface area contributed by atoms with Crippen LogP contribution in [0.1, 0.15) is 5.56 Å². The van der Waals surface area contributed by atoms with Gasteiger partial charge in [-0.3, -0.25) is 9.80 Å². The highest BCUT2D eigenvalue weighted by molar-refractivity contribution is 5.81. The molecule has 1 rings (SSSR count). The smallest absolute Gasteiger partial charge is 0.265 e.